The Bertz CT molecular complexity index is 496. The van der Waals surface area contributed by atoms with Gasteiger partial charge in [-0.3, -0.25) is 9.59 Å². The number of nitrogens with one attached hydrogen (secondary N) is 3. The van der Waals surface area contributed by atoms with Crippen molar-refractivity contribution in [3.63, 3.8) is 0 Å². The molecule has 114 valence electrons. The molecule has 5 nitrogen and oxygen atoms in total. The smallest absolute Gasteiger partial charge is 0.251 e. The van der Waals surface area contributed by atoms with Crippen LogP contribution in [0.2, 0.25) is 0 Å². The van der Waals surface area contributed by atoms with E-state index >= 15 is 0 Å². The molecule has 21 heavy (non-hydrogen) atoms. The van der Waals surface area contributed by atoms with Crippen molar-refractivity contribution in [2.24, 2.45) is 0 Å². The van der Waals surface area contributed by atoms with Gasteiger partial charge in [0, 0.05) is 31.6 Å². The predicted octanol–water partition coefficient (Wildman–Crippen LogP) is 0.847. The number of amides is 2. The average Bonchev–Trinajstić information content (AvgIpc) is 2.99. The van der Waals surface area contributed by atoms with Crippen LogP contribution in [0.5, 0.6) is 0 Å². The third-order valence-electron chi connectivity index (χ3n) is 3.75. The van der Waals surface area contributed by atoms with E-state index in [-0.39, 0.29) is 11.8 Å². The monoisotopic (exact) mass is 289 g/mol. The first kappa shape index (κ1) is 15.5. The van der Waals surface area contributed by atoms with Gasteiger partial charge < -0.3 is 16.0 Å². The fraction of sp³-hybridized carbons (Fsp3) is 0.500. The average molecular weight is 289 g/mol. The maximum absolute atomic E-state index is 11.8. The highest BCUT2D eigenvalue weighted by Gasteiger charge is 2.17. The Kier molecular flexibility index (Phi) is 5.75. The van der Waals surface area contributed by atoms with Crippen molar-refractivity contribution in [1.29, 1.82) is 0 Å². The second kappa shape index (κ2) is 7.78. The number of carbonyl (C=O) groups excluding carboxylic acids is 2. The Morgan fingerprint density at radius 2 is 2.24 bits per heavy atom. The molecular weight excluding hydrogens is 266 g/mol. The third kappa shape index (κ3) is 4.86. The summed E-state index contributed by atoms with van der Waals surface area (Å²) in [4.78, 5) is 23.3. The van der Waals surface area contributed by atoms with Gasteiger partial charge in [-0.25, -0.2) is 0 Å². The summed E-state index contributed by atoms with van der Waals surface area (Å²) in [7, 11) is 1.62. The van der Waals surface area contributed by atoms with Crippen LogP contribution in [-0.2, 0) is 11.2 Å². The molecule has 0 radical (unpaired) electrons. The highest BCUT2D eigenvalue weighted by Crippen LogP contribution is 2.08. The minimum absolute atomic E-state index is 0.0896. The Labute approximate surface area is 125 Å². The molecule has 1 aliphatic heterocycles. The van der Waals surface area contributed by atoms with Gasteiger partial charge in [-0.05, 0) is 43.5 Å². The van der Waals surface area contributed by atoms with Gasteiger partial charge in [-0.2, -0.15) is 0 Å². The van der Waals surface area contributed by atoms with E-state index in [1.165, 1.54) is 0 Å². The highest BCUT2D eigenvalue weighted by molar-refractivity contribution is 5.94. The molecule has 1 aromatic carbocycles. The zero-order valence-corrected chi connectivity index (χ0v) is 12.4. The minimum Gasteiger partial charge on any atom is -0.356 e. The highest BCUT2D eigenvalue weighted by atomic mass is 16.2. The van der Waals surface area contributed by atoms with E-state index in [4.69, 9.17) is 0 Å². The molecule has 1 aliphatic rings. The zero-order valence-electron chi connectivity index (χ0n) is 12.4. The van der Waals surface area contributed by atoms with Crippen LogP contribution < -0.4 is 16.0 Å². The molecule has 1 saturated heterocycles. The molecule has 0 spiro atoms. The van der Waals surface area contributed by atoms with Crippen molar-refractivity contribution >= 4 is 11.8 Å². The van der Waals surface area contributed by atoms with Crippen molar-refractivity contribution in [2.75, 3.05) is 20.1 Å². The van der Waals surface area contributed by atoms with Crippen LogP contribution in [0.4, 0.5) is 0 Å². The van der Waals surface area contributed by atoms with Crippen molar-refractivity contribution in [2.45, 2.75) is 31.7 Å². The molecule has 0 aromatic heterocycles. The van der Waals surface area contributed by atoms with E-state index < -0.39 is 0 Å². The molecule has 0 saturated carbocycles. The molecule has 1 unspecified atom stereocenters. The molecule has 2 amide bonds. The van der Waals surface area contributed by atoms with E-state index in [9.17, 15) is 9.59 Å². The number of hydrogen-bond donors (Lipinski definition) is 3. The second-order valence-corrected chi connectivity index (χ2v) is 5.38. The van der Waals surface area contributed by atoms with Gasteiger partial charge in [0.05, 0.1) is 0 Å². The Morgan fingerprint density at radius 1 is 1.38 bits per heavy atom. The van der Waals surface area contributed by atoms with Crippen LogP contribution in [0.3, 0.4) is 0 Å². The van der Waals surface area contributed by atoms with E-state index in [1.54, 1.807) is 13.1 Å². The quantitative estimate of drug-likeness (QED) is 0.727. The fourth-order valence-electron chi connectivity index (χ4n) is 2.59. The lowest BCUT2D eigenvalue weighted by Crippen LogP contribution is -2.32. The van der Waals surface area contributed by atoms with Crippen LogP contribution in [-0.4, -0.2) is 38.0 Å². The first-order valence-corrected chi connectivity index (χ1v) is 7.50. The van der Waals surface area contributed by atoms with Crippen molar-refractivity contribution in [3.8, 4) is 0 Å². The van der Waals surface area contributed by atoms with Gasteiger partial charge in [0.25, 0.3) is 5.91 Å². The Hall–Kier alpha value is -1.88. The van der Waals surface area contributed by atoms with Crippen molar-refractivity contribution in [3.05, 3.63) is 35.4 Å². The number of carbonyl (C=O) groups is 2. The van der Waals surface area contributed by atoms with Crippen molar-refractivity contribution < 1.29 is 9.59 Å². The normalized spacial score (nSPS) is 17.5. The summed E-state index contributed by atoms with van der Waals surface area (Å²) < 4.78 is 0. The van der Waals surface area contributed by atoms with Crippen LogP contribution in [0, 0.1) is 0 Å². The van der Waals surface area contributed by atoms with E-state index in [0.29, 0.717) is 24.6 Å². The molecule has 2 rings (SSSR count). The SMILES string of the molecule is CNC(=O)c1cccc(CCNC(=O)CC2CCCN2)c1. The van der Waals surface area contributed by atoms with Gasteiger partial charge >= 0.3 is 0 Å². The van der Waals surface area contributed by atoms with Gasteiger partial charge in [0.15, 0.2) is 0 Å². The molecule has 0 bridgehead atoms. The fourth-order valence-corrected chi connectivity index (χ4v) is 2.59. The summed E-state index contributed by atoms with van der Waals surface area (Å²) in [5.74, 6) is 0.00468. The van der Waals surface area contributed by atoms with E-state index in [1.807, 2.05) is 18.2 Å². The van der Waals surface area contributed by atoms with Crippen LogP contribution in [0.25, 0.3) is 0 Å². The lowest BCUT2D eigenvalue weighted by Gasteiger charge is -2.10. The molecule has 5 heteroatoms. The maximum Gasteiger partial charge on any atom is 0.251 e. The molecule has 0 aliphatic carbocycles. The standard InChI is InChI=1S/C16H23N3O2/c1-17-16(21)13-5-2-4-12(10-13)7-9-19-15(20)11-14-6-3-8-18-14/h2,4-5,10,14,18H,3,6-9,11H2,1H3,(H,17,21)(H,19,20). The summed E-state index contributed by atoms with van der Waals surface area (Å²) in [5.41, 5.74) is 1.70. The second-order valence-electron chi connectivity index (χ2n) is 5.38. The summed E-state index contributed by atoms with van der Waals surface area (Å²) >= 11 is 0. The summed E-state index contributed by atoms with van der Waals surface area (Å²) in [6.07, 6.45) is 3.53. The zero-order chi connectivity index (χ0) is 15.1. The third-order valence-corrected chi connectivity index (χ3v) is 3.75. The maximum atomic E-state index is 11.8. The molecule has 1 fully saturated rings. The van der Waals surface area contributed by atoms with Crippen LogP contribution in [0.15, 0.2) is 24.3 Å². The molecule has 3 N–H and O–H groups in total. The minimum atomic E-state index is -0.0896. The molecular formula is C16H23N3O2. The Balaban J connectivity index is 1.75. The van der Waals surface area contributed by atoms with Crippen LogP contribution in [0.1, 0.15) is 35.2 Å². The van der Waals surface area contributed by atoms with E-state index in [0.717, 1.165) is 31.4 Å². The first-order valence-electron chi connectivity index (χ1n) is 7.50. The first-order chi connectivity index (χ1) is 10.2. The summed E-state index contributed by atoms with van der Waals surface area (Å²) in [6.45, 7) is 1.62. The molecule has 1 aromatic rings. The molecule has 1 atom stereocenters. The lowest BCUT2D eigenvalue weighted by molar-refractivity contribution is -0.121. The van der Waals surface area contributed by atoms with Gasteiger partial charge in [0.2, 0.25) is 5.91 Å². The van der Waals surface area contributed by atoms with Gasteiger partial charge in [0.1, 0.15) is 0 Å². The van der Waals surface area contributed by atoms with Crippen molar-refractivity contribution in [1.82, 2.24) is 16.0 Å². The molecule has 1 heterocycles. The topological polar surface area (TPSA) is 70.2 Å². The van der Waals surface area contributed by atoms with E-state index in [2.05, 4.69) is 16.0 Å². The number of rotatable bonds is 6. The largest absolute Gasteiger partial charge is 0.356 e. The van der Waals surface area contributed by atoms with Crippen LogP contribution >= 0.6 is 0 Å². The van der Waals surface area contributed by atoms with Gasteiger partial charge in [-0.1, -0.05) is 12.1 Å². The Morgan fingerprint density at radius 3 is 2.95 bits per heavy atom. The summed E-state index contributed by atoms with van der Waals surface area (Å²) in [5, 5.41) is 8.87. The number of benzene rings is 1. The lowest BCUT2D eigenvalue weighted by atomic mass is 10.1. The predicted molar refractivity (Wildman–Crippen MR) is 82.2 cm³/mol. The summed E-state index contributed by atoms with van der Waals surface area (Å²) in [6, 6.07) is 7.82. The van der Waals surface area contributed by atoms with Gasteiger partial charge in [-0.15, -0.1) is 0 Å². The number of hydrogen-bond acceptors (Lipinski definition) is 3.